The van der Waals surface area contributed by atoms with Crippen molar-refractivity contribution in [1.29, 1.82) is 0 Å². The first-order valence-electron chi connectivity index (χ1n) is 8.95. The lowest BCUT2D eigenvalue weighted by Gasteiger charge is -2.31. The van der Waals surface area contributed by atoms with Crippen LogP contribution in [-0.2, 0) is 0 Å². The van der Waals surface area contributed by atoms with Crippen LogP contribution in [0.25, 0.3) is 11.5 Å². The van der Waals surface area contributed by atoms with Crippen LogP contribution < -0.4 is 0 Å². The zero-order valence-corrected chi connectivity index (χ0v) is 14.8. The number of likely N-dealkylation sites (tertiary alicyclic amines) is 1. The molecule has 4 rings (SSSR count). The molecule has 1 aliphatic heterocycles. The largest absolute Gasteiger partial charge is 0.420 e. The van der Waals surface area contributed by atoms with Gasteiger partial charge >= 0.3 is 0 Å². The molecule has 1 aromatic heterocycles. The Morgan fingerprint density at radius 3 is 2.62 bits per heavy atom. The summed E-state index contributed by atoms with van der Waals surface area (Å²) in [4.78, 5) is 14.7. The van der Waals surface area contributed by atoms with Gasteiger partial charge in [-0.15, -0.1) is 10.2 Å². The summed E-state index contributed by atoms with van der Waals surface area (Å²) in [5, 5.41) is 8.42. The molecule has 5 nitrogen and oxygen atoms in total. The molecule has 0 N–H and O–H groups in total. The first-order valence-corrected chi connectivity index (χ1v) is 8.95. The van der Waals surface area contributed by atoms with Gasteiger partial charge in [-0.05, 0) is 44.0 Å². The minimum atomic E-state index is 0.0671. The lowest BCUT2D eigenvalue weighted by atomic mass is 9.97. The van der Waals surface area contributed by atoms with Crippen molar-refractivity contribution in [3.8, 4) is 11.5 Å². The van der Waals surface area contributed by atoms with Crippen LogP contribution in [0.2, 0.25) is 0 Å². The van der Waals surface area contributed by atoms with E-state index in [1.54, 1.807) is 0 Å². The predicted octanol–water partition coefficient (Wildman–Crippen LogP) is 4.06. The van der Waals surface area contributed by atoms with Crippen LogP contribution in [0.3, 0.4) is 0 Å². The molecule has 0 aliphatic carbocycles. The third kappa shape index (κ3) is 3.38. The molecule has 5 heteroatoms. The molecule has 0 radical (unpaired) electrons. The lowest BCUT2D eigenvalue weighted by molar-refractivity contribution is 0.0698. The molecule has 2 heterocycles. The molecular weight excluding hydrogens is 326 g/mol. The number of hydrogen-bond acceptors (Lipinski definition) is 4. The van der Waals surface area contributed by atoms with Crippen molar-refractivity contribution in [2.75, 3.05) is 13.1 Å². The van der Waals surface area contributed by atoms with Crippen LogP contribution in [0.5, 0.6) is 0 Å². The number of nitrogens with zero attached hydrogens (tertiary/aromatic N) is 3. The first kappa shape index (κ1) is 16.5. The number of amides is 1. The molecular formula is C21H21N3O2. The second kappa shape index (κ2) is 7.12. The average molecular weight is 347 g/mol. The lowest BCUT2D eigenvalue weighted by Crippen LogP contribution is -2.39. The van der Waals surface area contributed by atoms with Gasteiger partial charge < -0.3 is 9.32 Å². The highest BCUT2D eigenvalue weighted by Gasteiger charge is 2.29. The summed E-state index contributed by atoms with van der Waals surface area (Å²) in [6.45, 7) is 3.40. The Kier molecular flexibility index (Phi) is 4.52. The number of aryl methyl sites for hydroxylation is 1. The highest BCUT2D eigenvalue weighted by atomic mass is 16.4. The molecule has 1 amide bonds. The van der Waals surface area contributed by atoms with Crippen molar-refractivity contribution in [2.24, 2.45) is 0 Å². The summed E-state index contributed by atoms with van der Waals surface area (Å²) in [5.41, 5.74) is 2.79. The second-order valence-electron chi connectivity index (χ2n) is 6.77. The molecule has 1 fully saturated rings. The Balaban J connectivity index is 1.49. The Morgan fingerprint density at radius 2 is 1.85 bits per heavy atom. The van der Waals surface area contributed by atoms with Crippen LogP contribution in [0, 0.1) is 6.92 Å². The Bertz CT molecular complexity index is 887. The molecule has 1 saturated heterocycles. The zero-order chi connectivity index (χ0) is 17.9. The minimum absolute atomic E-state index is 0.0671. The summed E-state index contributed by atoms with van der Waals surface area (Å²) < 4.78 is 5.90. The predicted molar refractivity (Wildman–Crippen MR) is 98.8 cm³/mol. The number of piperidine rings is 1. The number of aromatic nitrogens is 2. The van der Waals surface area contributed by atoms with Crippen molar-refractivity contribution in [3.63, 3.8) is 0 Å². The van der Waals surface area contributed by atoms with Gasteiger partial charge in [0.2, 0.25) is 11.8 Å². The molecule has 0 bridgehead atoms. The monoisotopic (exact) mass is 347 g/mol. The molecule has 2 aromatic carbocycles. The van der Waals surface area contributed by atoms with Crippen LogP contribution in [0.4, 0.5) is 0 Å². The van der Waals surface area contributed by atoms with E-state index in [0.29, 0.717) is 18.3 Å². The Hall–Kier alpha value is -2.95. The van der Waals surface area contributed by atoms with Crippen molar-refractivity contribution in [1.82, 2.24) is 15.1 Å². The summed E-state index contributed by atoms with van der Waals surface area (Å²) in [6.07, 6.45) is 1.89. The minimum Gasteiger partial charge on any atom is -0.420 e. The normalized spacial score (nSPS) is 17.3. The van der Waals surface area contributed by atoms with Crippen molar-refractivity contribution >= 4 is 5.91 Å². The maximum atomic E-state index is 12.8. The van der Waals surface area contributed by atoms with E-state index in [-0.39, 0.29) is 11.8 Å². The molecule has 0 unspecified atom stereocenters. The summed E-state index contributed by atoms with van der Waals surface area (Å²) in [7, 11) is 0. The number of carbonyl (C=O) groups is 1. The molecule has 26 heavy (non-hydrogen) atoms. The van der Waals surface area contributed by atoms with Crippen molar-refractivity contribution in [3.05, 3.63) is 71.6 Å². The summed E-state index contributed by atoms with van der Waals surface area (Å²) >= 11 is 0. The van der Waals surface area contributed by atoms with Gasteiger partial charge in [0.1, 0.15) is 0 Å². The number of rotatable bonds is 3. The van der Waals surface area contributed by atoms with Crippen LogP contribution in [0.1, 0.15) is 40.6 Å². The fourth-order valence-corrected chi connectivity index (χ4v) is 3.34. The van der Waals surface area contributed by atoms with Crippen molar-refractivity contribution in [2.45, 2.75) is 25.7 Å². The van der Waals surface area contributed by atoms with E-state index in [1.165, 1.54) is 0 Å². The molecule has 132 valence electrons. The Morgan fingerprint density at radius 1 is 1.08 bits per heavy atom. The summed E-state index contributed by atoms with van der Waals surface area (Å²) in [5.74, 6) is 1.30. The van der Waals surface area contributed by atoms with Gasteiger partial charge in [0.15, 0.2) is 0 Å². The SMILES string of the molecule is Cc1ccc(C(=O)N2CCC[C@H](c3nnc(-c4ccccc4)o3)C2)cc1. The first-order chi connectivity index (χ1) is 12.7. The van der Waals surface area contributed by atoms with Crippen LogP contribution >= 0.6 is 0 Å². The van der Waals surface area contributed by atoms with Gasteiger partial charge in [0, 0.05) is 24.2 Å². The van der Waals surface area contributed by atoms with Gasteiger partial charge in [-0.3, -0.25) is 4.79 Å². The number of carbonyl (C=O) groups excluding carboxylic acids is 1. The third-order valence-electron chi connectivity index (χ3n) is 4.82. The zero-order valence-electron chi connectivity index (χ0n) is 14.8. The third-order valence-corrected chi connectivity index (χ3v) is 4.82. The van der Waals surface area contributed by atoms with Crippen LogP contribution in [-0.4, -0.2) is 34.1 Å². The van der Waals surface area contributed by atoms with E-state index in [1.807, 2.05) is 66.4 Å². The number of hydrogen-bond donors (Lipinski definition) is 0. The van der Waals surface area contributed by atoms with Gasteiger partial charge in [-0.1, -0.05) is 35.9 Å². The van der Waals surface area contributed by atoms with Gasteiger partial charge in [-0.2, -0.15) is 0 Å². The molecule has 3 aromatic rings. The van der Waals surface area contributed by atoms with Crippen molar-refractivity contribution < 1.29 is 9.21 Å². The average Bonchev–Trinajstić information content (AvgIpc) is 3.19. The standard InChI is InChI=1S/C21H21N3O2/c1-15-9-11-17(12-10-15)21(25)24-13-5-8-18(14-24)20-23-22-19(26-20)16-6-3-2-4-7-16/h2-4,6-7,9-12,18H,5,8,13-14H2,1H3/t18-/m0/s1. The van der Waals surface area contributed by atoms with E-state index in [2.05, 4.69) is 10.2 Å². The van der Waals surface area contributed by atoms with E-state index >= 15 is 0 Å². The second-order valence-corrected chi connectivity index (χ2v) is 6.77. The highest BCUT2D eigenvalue weighted by molar-refractivity contribution is 5.94. The smallest absolute Gasteiger partial charge is 0.253 e. The van der Waals surface area contributed by atoms with E-state index < -0.39 is 0 Å². The van der Waals surface area contributed by atoms with Gasteiger partial charge in [0.05, 0.1) is 5.92 Å². The van der Waals surface area contributed by atoms with Gasteiger partial charge in [-0.25, -0.2) is 0 Å². The molecule has 0 saturated carbocycles. The molecule has 1 atom stereocenters. The molecule has 0 spiro atoms. The maximum Gasteiger partial charge on any atom is 0.253 e. The highest BCUT2D eigenvalue weighted by Crippen LogP contribution is 2.29. The quantitative estimate of drug-likeness (QED) is 0.717. The number of benzene rings is 2. The van der Waals surface area contributed by atoms with Crippen LogP contribution in [0.15, 0.2) is 59.0 Å². The fraction of sp³-hybridized carbons (Fsp3) is 0.286. The topological polar surface area (TPSA) is 59.2 Å². The Labute approximate surface area is 152 Å². The van der Waals surface area contributed by atoms with E-state index in [4.69, 9.17) is 4.42 Å². The van der Waals surface area contributed by atoms with E-state index in [0.717, 1.165) is 36.1 Å². The maximum absolute atomic E-state index is 12.8. The van der Waals surface area contributed by atoms with E-state index in [9.17, 15) is 4.79 Å². The van der Waals surface area contributed by atoms with Gasteiger partial charge in [0.25, 0.3) is 5.91 Å². The summed E-state index contributed by atoms with van der Waals surface area (Å²) in [6, 6.07) is 17.5. The molecule has 1 aliphatic rings. The fourth-order valence-electron chi connectivity index (χ4n) is 3.34.